The van der Waals surface area contributed by atoms with Crippen LogP contribution in [0.25, 0.3) is 0 Å². The predicted molar refractivity (Wildman–Crippen MR) is 48.1 cm³/mol. The van der Waals surface area contributed by atoms with Crippen LogP contribution in [0.1, 0.15) is 0 Å². The van der Waals surface area contributed by atoms with Crippen LogP contribution in [0.3, 0.4) is 0 Å². The van der Waals surface area contributed by atoms with E-state index in [0.29, 0.717) is 0 Å². The summed E-state index contributed by atoms with van der Waals surface area (Å²) in [7, 11) is 4.82. The molecule has 0 amide bonds. The first-order valence-corrected chi connectivity index (χ1v) is 4.87. The molecule has 1 rings (SSSR count). The molecular formula is C6H12B2S. The zero-order valence-corrected chi connectivity index (χ0v) is 6.62. The molecule has 0 nitrogen and oxygen atoms in total. The highest BCUT2D eigenvalue weighted by molar-refractivity contribution is 7.99. The molecule has 9 heavy (non-hydrogen) atoms. The highest BCUT2D eigenvalue weighted by Crippen LogP contribution is 2.09. The maximum atomic E-state index is 2.41. The van der Waals surface area contributed by atoms with Gasteiger partial charge in [-0.2, -0.15) is 11.8 Å². The maximum absolute atomic E-state index is 2.41. The van der Waals surface area contributed by atoms with Gasteiger partial charge >= 0.3 is 0 Å². The summed E-state index contributed by atoms with van der Waals surface area (Å²) in [6, 6.07) is 0. The van der Waals surface area contributed by atoms with E-state index in [4.69, 9.17) is 0 Å². The van der Waals surface area contributed by atoms with Crippen LogP contribution in [0, 0.1) is 0 Å². The minimum atomic E-state index is 1.31. The van der Waals surface area contributed by atoms with Gasteiger partial charge in [0.25, 0.3) is 0 Å². The van der Waals surface area contributed by atoms with Crippen LogP contribution >= 0.6 is 11.8 Å². The Labute approximate surface area is 63.7 Å². The van der Waals surface area contributed by atoms with E-state index in [-0.39, 0.29) is 0 Å². The second-order valence-electron chi connectivity index (χ2n) is 2.34. The van der Waals surface area contributed by atoms with Gasteiger partial charge in [-0.1, -0.05) is 25.3 Å². The highest BCUT2D eigenvalue weighted by Gasteiger charge is 1.98. The van der Waals surface area contributed by atoms with Gasteiger partial charge in [0, 0.05) is 0 Å². The van der Waals surface area contributed by atoms with E-state index in [1.165, 1.54) is 36.8 Å². The third kappa shape index (κ3) is 3.96. The SMILES string of the molecule is [B]1CC[B]CCSCC1. The summed E-state index contributed by atoms with van der Waals surface area (Å²) in [5.41, 5.74) is 0. The molecule has 1 aliphatic rings. The lowest BCUT2D eigenvalue weighted by atomic mass is 9.60. The van der Waals surface area contributed by atoms with Crippen molar-refractivity contribution >= 4 is 26.3 Å². The van der Waals surface area contributed by atoms with E-state index in [1.807, 2.05) is 0 Å². The molecule has 0 saturated carbocycles. The topological polar surface area (TPSA) is 0 Å². The summed E-state index contributed by atoms with van der Waals surface area (Å²) < 4.78 is 0. The first-order chi connectivity index (χ1) is 4.50. The molecule has 0 atom stereocenters. The van der Waals surface area contributed by atoms with Crippen molar-refractivity contribution in [1.82, 2.24) is 0 Å². The molecule has 1 saturated heterocycles. The molecule has 0 N–H and O–H groups in total. The van der Waals surface area contributed by atoms with Gasteiger partial charge in [0.05, 0.1) is 0 Å². The molecule has 0 aliphatic carbocycles. The van der Waals surface area contributed by atoms with Gasteiger partial charge in [-0.3, -0.25) is 0 Å². The van der Waals surface area contributed by atoms with Crippen LogP contribution in [-0.4, -0.2) is 26.1 Å². The average Bonchev–Trinajstić information content (AvgIpc) is 2.00. The van der Waals surface area contributed by atoms with E-state index >= 15 is 0 Å². The van der Waals surface area contributed by atoms with Crippen molar-refractivity contribution in [3.05, 3.63) is 0 Å². The molecule has 0 unspecified atom stereocenters. The first-order valence-electron chi connectivity index (χ1n) is 3.71. The quantitative estimate of drug-likeness (QED) is 0.460. The molecule has 48 valence electrons. The summed E-state index contributed by atoms with van der Waals surface area (Å²) in [4.78, 5) is 0. The fourth-order valence-corrected chi connectivity index (χ4v) is 1.83. The molecule has 0 bridgehead atoms. The Balaban J connectivity index is 2.02. The number of thioether (sulfide) groups is 1. The standard InChI is InChI=1S/C6H12B2S/c1-2-8-4-6-9-5-3-7-1/h1-6H2. The van der Waals surface area contributed by atoms with E-state index in [2.05, 4.69) is 26.3 Å². The van der Waals surface area contributed by atoms with Crippen LogP contribution in [0.15, 0.2) is 0 Å². The van der Waals surface area contributed by atoms with Crippen molar-refractivity contribution in [2.24, 2.45) is 0 Å². The summed E-state index contributed by atoms with van der Waals surface area (Å²) in [5.74, 6) is 2.68. The van der Waals surface area contributed by atoms with Crippen molar-refractivity contribution < 1.29 is 0 Å². The fraction of sp³-hybridized carbons (Fsp3) is 1.00. The van der Waals surface area contributed by atoms with Gasteiger partial charge in [-0.15, -0.1) is 0 Å². The Morgan fingerprint density at radius 2 is 1.33 bits per heavy atom. The predicted octanol–water partition coefficient (Wildman–Crippen LogP) is 1.81. The van der Waals surface area contributed by atoms with Gasteiger partial charge in [0.15, 0.2) is 0 Å². The lowest BCUT2D eigenvalue weighted by Gasteiger charge is -1.93. The van der Waals surface area contributed by atoms with Gasteiger partial charge < -0.3 is 0 Å². The summed E-state index contributed by atoms with van der Waals surface area (Å²) >= 11 is 2.08. The Hall–Kier alpha value is 0.480. The van der Waals surface area contributed by atoms with Gasteiger partial charge in [0.1, 0.15) is 14.6 Å². The molecule has 1 heterocycles. The van der Waals surface area contributed by atoms with E-state index in [9.17, 15) is 0 Å². The smallest absolute Gasteiger partial charge is 0.109 e. The van der Waals surface area contributed by atoms with E-state index in [0.717, 1.165) is 0 Å². The number of rotatable bonds is 0. The molecule has 3 heteroatoms. The molecule has 2 radical (unpaired) electrons. The minimum absolute atomic E-state index is 1.31. The van der Waals surface area contributed by atoms with Gasteiger partial charge in [-0.25, -0.2) is 0 Å². The fourth-order valence-electron chi connectivity index (χ4n) is 0.960. The second-order valence-corrected chi connectivity index (χ2v) is 3.57. The second kappa shape index (κ2) is 5.28. The zero-order chi connectivity index (χ0) is 6.36. The lowest BCUT2D eigenvalue weighted by Crippen LogP contribution is -1.91. The Morgan fingerprint density at radius 1 is 0.778 bits per heavy atom. The number of hydrogen-bond acceptors (Lipinski definition) is 1. The third-order valence-electron chi connectivity index (χ3n) is 1.51. The molecule has 0 spiro atoms. The van der Waals surface area contributed by atoms with E-state index < -0.39 is 0 Å². The first kappa shape index (κ1) is 7.59. The van der Waals surface area contributed by atoms with Crippen molar-refractivity contribution in [3.63, 3.8) is 0 Å². The highest BCUT2D eigenvalue weighted by atomic mass is 32.2. The van der Waals surface area contributed by atoms with Gasteiger partial charge in [-0.05, 0) is 11.5 Å². The monoisotopic (exact) mass is 138 g/mol. The van der Waals surface area contributed by atoms with E-state index in [1.54, 1.807) is 0 Å². The van der Waals surface area contributed by atoms with Crippen LogP contribution in [0.4, 0.5) is 0 Å². The van der Waals surface area contributed by atoms with Crippen molar-refractivity contribution in [2.75, 3.05) is 11.5 Å². The largest absolute Gasteiger partial charge is 0.163 e. The summed E-state index contributed by atoms with van der Waals surface area (Å²) in [6.45, 7) is 0. The molecule has 0 aromatic heterocycles. The van der Waals surface area contributed by atoms with Gasteiger partial charge in [0.2, 0.25) is 0 Å². The van der Waals surface area contributed by atoms with Crippen molar-refractivity contribution in [1.29, 1.82) is 0 Å². The maximum Gasteiger partial charge on any atom is 0.109 e. The zero-order valence-electron chi connectivity index (χ0n) is 5.81. The lowest BCUT2D eigenvalue weighted by molar-refractivity contribution is 1.34. The van der Waals surface area contributed by atoms with Crippen LogP contribution in [-0.2, 0) is 0 Å². The van der Waals surface area contributed by atoms with Crippen LogP contribution in [0.5, 0.6) is 0 Å². The number of hydrogen-bond donors (Lipinski definition) is 0. The molecule has 0 aromatic rings. The van der Waals surface area contributed by atoms with Crippen molar-refractivity contribution in [2.45, 2.75) is 25.3 Å². The average molecular weight is 138 g/mol. The molecule has 0 aromatic carbocycles. The van der Waals surface area contributed by atoms with Crippen LogP contribution in [0.2, 0.25) is 25.3 Å². The van der Waals surface area contributed by atoms with Crippen molar-refractivity contribution in [3.8, 4) is 0 Å². The Morgan fingerprint density at radius 3 is 1.89 bits per heavy atom. The Kier molecular flexibility index (Phi) is 4.45. The van der Waals surface area contributed by atoms with Crippen LogP contribution < -0.4 is 0 Å². The third-order valence-corrected chi connectivity index (χ3v) is 2.56. The molecular weight excluding hydrogens is 126 g/mol. The normalized spacial score (nSPS) is 22.2. The molecule has 1 aliphatic heterocycles. The summed E-state index contributed by atoms with van der Waals surface area (Å²) in [5, 5.41) is 0. The molecule has 1 fully saturated rings. The summed E-state index contributed by atoms with van der Waals surface area (Å²) in [6.07, 6.45) is 5.25. The Bertz CT molecular complexity index is 39.5. The minimum Gasteiger partial charge on any atom is -0.163 e.